The lowest BCUT2D eigenvalue weighted by Gasteiger charge is -2.34. The molecule has 0 spiro atoms. The second kappa shape index (κ2) is 15.7. The predicted molar refractivity (Wildman–Crippen MR) is 166 cm³/mol. The van der Waals surface area contributed by atoms with Crippen LogP contribution in [0.1, 0.15) is 74.7 Å². The Morgan fingerprint density at radius 3 is 2.37 bits per heavy atom. The molecule has 46 heavy (non-hydrogen) atoms. The molecule has 2 fully saturated rings. The van der Waals surface area contributed by atoms with Crippen molar-refractivity contribution in [2.24, 2.45) is 11.1 Å². The molecular formula is C31H40F3N7O4S. The molecule has 0 unspecified atom stereocenters. The third kappa shape index (κ3) is 10.4. The molecule has 3 N–H and O–H groups in total. The van der Waals surface area contributed by atoms with Crippen LogP contribution in [0.25, 0.3) is 0 Å². The third-order valence-corrected chi connectivity index (χ3v) is 9.28. The standard InChI is InChI=1S/C31H40F3N7O4S/c32-31(33,34)30-38-27(40-17-13-23(14-18-40)5-2-8-29(43)37-15-19-46(36,44)45)20-28(39-30)41-16-3-6-25(41)26(42)7-1-4-22-9-11-24(21-35)12-10-22/h9-12,20,23,25H,1-8,13-19H2,(H,37,43)(H2,36,44,45)/t25-/m0/s1. The van der Waals surface area contributed by atoms with Crippen LogP contribution in [-0.4, -0.2) is 68.0 Å². The zero-order valence-corrected chi connectivity index (χ0v) is 26.5. The summed E-state index contributed by atoms with van der Waals surface area (Å²) in [5, 5.41) is 16.4. The monoisotopic (exact) mass is 663 g/mol. The number of nitriles is 1. The SMILES string of the molecule is N#Cc1ccc(CCCC(=O)[C@@H]2CCCN2c2cc(N3CCC(CCCC(=O)NCCS(N)(=O)=O)CC3)nc(C(F)(F)F)n2)cc1. The van der Waals surface area contributed by atoms with E-state index >= 15 is 0 Å². The summed E-state index contributed by atoms with van der Waals surface area (Å²) in [5.41, 5.74) is 1.57. The Kier molecular flexibility index (Phi) is 12.0. The fourth-order valence-corrected chi connectivity index (χ4v) is 6.42. The fraction of sp³-hybridized carbons (Fsp3) is 0.581. The number of nitrogens with zero attached hydrogens (tertiary/aromatic N) is 5. The molecule has 1 atom stereocenters. The first-order valence-corrected chi connectivity index (χ1v) is 17.3. The number of carbonyl (C=O) groups excluding carboxylic acids is 2. The first-order valence-electron chi connectivity index (χ1n) is 15.6. The summed E-state index contributed by atoms with van der Waals surface area (Å²) in [7, 11) is -3.64. The fourth-order valence-electron chi connectivity index (χ4n) is 6.04. The quantitative estimate of drug-likeness (QED) is 0.307. The number of hydrogen-bond acceptors (Lipinski definition) is 9. The van der Waals surface area contributed by atoms with Crippen molar-refractivity contribution < 1.29 is 31.2 Å². The number of halogens is 3. The van der Waals surface area contributed by atoms with Gasteiger partial charge in [0.2, 0.25) is 21.8 Å². The van der Waals surface area contributed by atoms with Gasteiger partial charge in [0.15, 0.2) is 5.78 Å². The summed E-state index contributed by atoms with van der Waals surface area (Å²) < 4.78 is 63.7. The average molecular weight is 664 g/mol. The number of ketones is 1. The lowest BCUT2D eigenvalue weighted by Crippen LogP contribution is -2.38. The van der Waals surface area contributed by atoms with Gasteiger partial charge in [-0.25, -0.2) is 23.5 Å². The average Bonchev–Trinajstić information content (AvgIpc) is 3.51. The molecule has 250 valence electrons. The molecule has 15 heteroatoms. The van der Waals surface area contributed by atoms with Gasteiger partial charge in [0.05, 0.1) is 23.4 Å². The normalized spacial score (nSPS) is 17.6. The van der Waals surface area contributed by atoms with Gasteiger partial charge in [-0.3, -0.25) is 9.59 Å². The molecule has 11 nitrogen and oxygen atoms in total. The number of nitrogens with one attached hydrogen (secondary N) is 1. The van der Waals surface area contributed by atoms with Gasteiger partial charge in [-0.15, -0.1) is 0 Å². The summed E-state index contributed by atoms with van der Waals surface area (Å²) in [4.78, 5) is 36.4. The first-order chi connectivity index (χ1) is 21.8. The van der Waals surface area contributed by atoms with Crippen LogP contribution in [0.2, 0.25) is 0 Å². The number of aryl methyl sites for hydroxylation is 1. The van der Waals surface area contributed by atoms with Crippen LogP contribution in [0.5, 0.6) is 0 Å². The lowest BCUT2D eigenvalue weighted by atomic mass is 9.91. The van der Waals surface area contributed by atoms with Gasteiger partial charge in [0.1, 0.15) is 11.6 Å². The summed E-state index contributed by atoms with van der Waals surface area (Å²) in [6, 6.07) is 10.3. The highest BCUT2D eigenvalue weighted by Gasteiger charge is 2.38. The van der Waals surface area contributed by atoms with Crippen LogP contribution in [0.15, 0.2) is 30.3 Å². The van der Waals surface area contributed by atoms with Crippen LogP contribution in [0.3, 0.4) is 0 Å². The molecule has 2 aliphatic heterocycles. The molecule has 1 amide bonds. The van der Waals surface area contributed by atoms with Crippen LogP contribution >= 0.6 is 0 Å². The Hall–Kier alpha value is -3.77. The number of amides is 1. The van der Waals surface area contributed by atoms with Crippen molar-refractivity contribution in [3.8, 4) is 6.07 Å². The lowest BCUT2D eigenvalue weighted by molar-refractivity contribution is -0.144. The number of alkyl halides is 3. The molecule has 1 aromatic carbocycles. The minimum Gasteiger partial charge on any atom is -0.356 e. The number of sulfonamides is 1. The predicted octanol–water partition coefficient (Wildman–Crippen LogP) is 3.72. The van der Waals surface area contributed by atoms with Crippen molar-refractivity contribution in [1.29, 1.82) is 5.26 Å². The van der Waals surface area contributed by atoms with Crippen molar-refractivity contribution in [1.82, 2.24) is 15.3 Å². The topological polar surface area (TPSA) is 162 Å². The van der Waals surface area contributed by atoms with Crippen molar-refractivity contribution in [2.45, 2.75) is 76.4 Å². The van der Waals surface area contributed by atoms with E-state index in [1.165, 1.54) is 0 Å². The van der Waals surface area contributed by atoms with Crippen LogP contribution < -0.4 is 20.3 Å². The third-order valence-electron chi connectivity index (χ3n) is 8.51. The minimum absolute atomic E-state index is 0.0289. The maximum atomic E-state index is 13.9. The number of aromatic nitrogens is 2. The molecular weight excluding hydrogens is 623 g/mol. The maximum absolute atomic E-state index is 13.9. The van der Waals surface area contributed by atoms with Gasteiger partial charge in [-0.1, -0.05) is 12.1 Å². The van der Waals surface area contributed by atoms with Gasteiger partial charge in [0.25, 0.3) is 0 Å². The molecule has 4 rings (SSSR count). The number of rotatable bonds is 14. The summed E-state index contributed by atoms with van der Waals surface area (Å²) >= 11 is 0. The van der Waals surface area contributed by atoms with E-state index in [9.17, 15) is 31.2 Å². The highest BCUT2D eigenvalue weighted by molar-refractivity contribution is 7.89. The Balaban J connectivity index is 1.33. The zero-order chi connectivity index (χ0) is 33.3. The molecule has 3 heterocycles. The molecule has 0 aliphatic carbocycles. The number of hydrogen-bond donors (Lipinski definition) is 2. The minimum atomic E-state index is -4.75. The van der Waals surface area contributed by atoms with Crippen molar-refractivity contribution >= 4 is 33.3 Å². The molecule has 0 radical (unpaired) electrons. The number of Topliss-reactive ketones (excluding diaryl/α,β-unsaturated/α-hetero) is 1. The Morgan fingerprint density at radius 1 is 1.02 bits per heavy atom. The summed E-state index contributed by atoms with van der Waals surface area (Å²) in [5.74, 6) is -1.25. The number of anilines is 2. The molecule has 0 saturated carbocycles. The van der Waals surface area contributed by atoms with Crippen molar-refractivity contribution in [2.75, 3.05) is 41.7 Å². The number of primary sulfonamides is 1. The van der Waals surface area contributed by atoms with Gasteiger partial charge in [0, 0.05) is 45.1 Å². The summed E-state index contributed by atoms with van der Waals surface area (Å²) in [6.45, 7) is 1.38. The first kappa shape index (κ1) is 35.1. The largest absolute Gasteiger partial charge is 0.451 e. The highest BCUT2D eigenvalue weighted by atomic mass is 32.2. The second-order valence-corrected chi connectivity index (χ2v) is 13.7. The molecule has 2 aliphatic rings. The molecule has 1 aromatic heterocycles. The Bertz CT molecular complexity index is 1510. The summed E-state index contributed by atoms with van der Waals surface area (Å²) in [6.07, 6.45) is 1.07. The second-order valence-electron chi connectivity index (χ2n) is 11.9. The highest BCUT2D eigenvalue weighted by Crippen LogP contribution is 2.34. The van der Waals surface area contributed by atoms with E-state index in [1.807, 2.05) is 17.0 Å². The molecule has 2 aromatic rings. The van der Waals surface area contributed by atoms with Crippen LogP contribution in [0, 0.1) is 17.2 Å². The number of piperidine rings is 1. The van der Waals surface area contributed by atoms with Crippen LogP contribution in [-0.2, 0) is 32.2 Å². The van der Waals surface area contributed by atoms with Crippen molar-refractivity contribution in [3.63, 3.8) is 0 Å². The van der Waals surface area contributed by atoms with E-state index in [2.05, 4.69) is 21.4 Å². The van der Waals surface area contributed by atoms with Crippen LogP contribution in [0.4, 0.5) is 24.8 Å². The van der Waals surface area contributed by atoms with E-state index in [4.69, 9.17) is 10.4 Å². The maximum Gasteiger partial charge on any atom is 0.451 e. The molecule has 2 saturated heterocycles. The van der Waals surface area contributed by atoms with E-state index < -0.39 is 28.1 Å². The van der Waals surface area contributed by atoms with E-state index in [-0.39, 0.29) is 48.5 Å². The van der Waals surface area contributed by atoms with Crippen molar-refractivity contribution in [3.05, 3.63) is 47.3 Å². The van der Waals surface area contributed by atoms with Gasteiger partial charge in [-0.05, 0) is 75.0 Å². The van der Waals surface area contributed by atoms with E-state index in [0.29, 0.717) is 63.2 Å². The number of benzene rings is 1. The Morgan fingerprint density at radius 2 is 1.72 bits per heavy atom. The molecule has 0 bridgehead atoms. The number of nitrogens with two attached hydrogens (primary N) is 1. The zero-order valence-electron chi connectivity index (χ0n) is 25.6. The van der Waals surface area contributed by atoms with E-state index in [0.717, 1.165) is 24.8 Å². The van der Waals surface area contributed by atoms with Gasteiger partial charge in [-0.2, -0.15) is 18.4 Å². The Labute approximate surface area is 267 Å². The van der Waals surface area contributed by atoms with E-state index in [1.54, 1.807) is 23.1 Å². The van der Waals surface area contributed by atoms with Gasteiger partial charge >= 0.3 is 6.18 Å². The van der Waals surface area contributed by atoms with Gasteiger partial charge < -0.3 is 15.1 Å². The number of carbonyl (C=O) groups is 2. The smallest absolute Gasteiger partial charge is 0.356 e.